The lowest BCUT2D eigenvalue weighted by molar-refractivity contribution is 0.384. The number of halogens is 1. The fourth-order valence-electron chi connectivity index (χ4n) is 2.64. The summed E-state index contributed by atoms with van der Waals surface area (Å²) < 4.78 is 1.32. The Hall–Kier alpha value is -0.570. The summed E-state index contributed by atoms with van der Waals surface area (Å²) in [6, 6.07) is 9.11. The van der Waals surface area contributed by atoms with Crippen molar-refractivity contribution in [3.63, 3.8) is 0 Å². The van der Waals surface area contributed by atoms with E-state index in [2.05, 4.69) is 24.4 Å². The minimum atomic E-state index is 0.634. The molecule has 1 aliphatic rings. The molecule has 0 aliphatic carbocycles. The maximum Gasteiger partial charge on any atom is 0.0492 e. The lowest BCUT2D eigenvalue weighted by Crippen LogP contribution is -2.34. The van der Waals surface area contributed by atoms with Gasteiger partial charge >= 0.3 is 0 Å². The molecule has 1 N–H and O–H groups in total. The van der Waals surface area contributed by atoms with Gasteiger partial charge < -0.3 is 5.32 Å². The molecule has 90 valence electrons. The molecule has 1 aliphatic heterocycles. The van der Waals surface area contributed by atoms with Crippen LogP contribution in [0.25, 0.3) is 10.1 Å². The van der Waals surface area contributed by atoms with Crippen molar-refractivity contribution >= 4 is 33.0 Å². The maximum absolute atomic E-state index is 6.23. The standard InChI is InChI=1S/C14H16ClNS/c1-9-7-10(5-6-16-9)14-8-11-12(15)3-2-4-13(11)17-14/h2-4,8-10,16H,5-7H2,1H3. The molecular weight excluding hydrogens is 250 g/mol. The Bertz CT molecular complexity index is 534. The molecule has 1 nitrogen and oxygen atoms in total. The Labute approximate surface area is 111 Å². The molecule has 0 amide bonds. The minimum Gasteiger partial charge on any atom is -0.314 e. The average Bonchev–Trinajstić information content (AvgIpc) is 2.74. The molecule has 0 bridgehead atoms. The summed E-state index contributed by atoms with van der Waals surface area (Å²) in [7, 11) is 0. The van der Waals surface area contributed by atoms with E-state index in [9.17, 15) is 0 Å². The van der Waals surface area contributed by atoms with Crippen LogP contribution in [0.5, 0.6) is 0 Å². The van der Waals surface area contributed by atoms with E-state index in [4.69, 9.17) is 11.6 Å². The molecule has 0 saturated carbocycles. The predicted octanol–water partition coefficient (Wildman–Crippen LogP) is 4.41. The van der Waals surface area contributed by atoms with Crippen LogP contribution in [0.15, 0.2) is 24.3 Å². The van der Waals surface area contributed by atoms with Crippen LogP contribution in [0.1, 0.15) is 30.6 Å². The van der Waals surface area contributed by atoms with E-state index in [1.807, 2.05) is 23.5 Å². The van der Waals surface area contributed by atoms with Crippen molar-refractivity contribution in [2.75, 3.05) is 6.54 Å². The quantitative estimate of drug-likeness (QED) is 0.805. The fourth-order valence-corrected chi connectivity index (χ4v) is 4.16. The molecular formula is C14H16ClNS. The number of nitrogens with one attached hydrogen (secondary N) is 1. The Morgan fingerprint density at radius 1 is 1.41 bits per heavy atom. The highest BCUT2D eigenvalue weighted by Gasteiger charge is 2.21. The third-order valence-electron chi connectivity index (χ3n) is 3.55. The summed E-state index contributed by atoms with van der Waals surface area (Å²) in [6.07, 6.45) is 2.49. The summed E-state index contributed by atoms with van der Waals surface area (Å²) in [5, 5.41) is 5.61. The topological polar surface area (TPSA) is 12.0 Å². The molecule has 2 aromatic rings. The fraction of sp³-hybridized carbons (Fsp3) is 0.429. The number of thiophene rings is 1. The van der Waals surface area contributed by atoms with Crippen molar-refractivity contribution in [2.24, 2.45) is 0 Å². The molecule has 1 aromatic heterocycles. The molecule has 1 aromatic carbocycles. The first-order valence-electron chi connectivity index (χ1n) is 6.15. The van der Waals surface area contributed by atoms with Crippen molar-refractivity contribution in [3.05, 3.63) is 34.2 Å². The van der Waals surface area contributed by atoms with Crippen LogP contribution in [0, 0.1) is 0 Å². The first kappa shape index (κ1) is 11.5. The zero-order valence-electron chi connectivity index (χ0n) is 9.87. The van der Waals surface area contributed by atoms with Gasteiger partial charge in [0.2, 0.25) is 0 Å². The normalized spacial score (nSPS) is 25.3. The van der Waals surface area contributed by atoms with Crippen molar-refractivity contribution in [1.29, 1.82) is 0 Å². The Morgan fingerprint density at radius 2 is 2.29 bits per heavy atom. The number of fused-ring (bicyclic) bond motifs is 1. The van der Waals surface area contributed by atoms with Gasteiger partial charge in [0.1, 0.15) is 0 Å². The van der Waals surface area contributed by atoms with Crippen molar-refractivity contribution in [1.82, 2.24) is 5.32 Å². The molecule has 17 heavy (non-hydrogen) atoms. The average molecular weight is 266 g/mol. The number of hydrogen-bond donors (Lipinski definition) is 1. The smallest absolute Gasteiger partial charge is 0.0492 e. The van der Waals surface area contributed by atoms with Gasteiger partial charge in [0.15, 0.2) is 0 Å². The van der Waals surface area contributed by atoms with E-state index in [1.165, 1.54) is 27.8 Å². The van der Waals surface area contributed by atoms with Gasteiger partial charge in [0, 0.05) is 26.0 Å². The molecule has 0 spiro atoms. The monoisotopic (exact) mass is 265 g/mol. The highest BCUT2D eigenvalue weighted by atomic mass is 35.5. The summed E-state index contributed by atoms with van der Waals surface area (Å²) >= 11 is 8.14. The van der Waals surface area contributed by atoms with Gasteiger partial charge in [0.25, 0.3) is 0 Å². The molecule has 3 heteroatoms. The first-order chi connectivity index (χ1) is 8.24. The second-order valence-electron chi connectivity index (χ2n) is 4.88. The SMILES string of the molecule is CC1CC(c2cc3c(Cl)cccc3s2)CCN1. The van der Waals surface area contributed by atoms with E-state index >= 15 is 0 Å². The van der Waals surface area contributed by atoms with Crippen molar-refractivity contribution < 1.29 is 0 Å². The third-order valence-corrected chi connectivity index (χ3v) is 5.15. The van der Waals surface area contributed by atoms with Gasteiger partial charge in [-0.2, -0.15) is 0 Å². The second-order valence-corrected chi connectivity index (χ2v) is 6.40. The lowest BCUT2D eigenvalue weighted by Gasteiger charge is -2.27. The van der Waals surface area contributed by atoms with E-state index in [0.29, 0.717) is 12.0 Å². The van der Waals surface area contributed by atoms with Crippen LogP contribution < -0.4 is 5.32 Å². The highest BCUT2D eigenvalue weighted by molar-refractivity contribution is 7.19. The van der Waals surface area contributed by atoms with Gasteiger partial charge in [-0.05, 0) is 50.4 Å². The largest absolute Gasteiger partial charge is 0.314 e. The predicted molar refractivity (Wildman–Crippen MR) is 76.3 cm³/mol. The zero-order valence-corrected chi connectivity index (χ0v) is 11.4. The summed E-state index contributed by atoms with van der Waals surface area (Å²) in [6.45, 7) is 3.40. The lowest BCUT2D eigenvalue weighted by atomic mass is 9.92. The number of benzene rings is 1. The second kappa shape index (κ2) is 4.60. The Kier molecular flexibility index (Phi) is 3.12. The number of piperidine rings is 1. The van der Waals surface area contributed by atoms with Gasteiger partial charge in [0.05, 0.1) is 0 Å². The van der Waals surface area contributed by atoms with Crippen LogP contribution >= 0.6 is 22.9 Å². The third kappa shape index (κ3) is 2.22. The molecule has 1 fully saturated rings. The molecule has 3 rings (SSSR count). The van der Waals surface area contributed by atoms with Crippen LogP contribution in [0.3, 0.4) is 0 Å². The molecule has 2 atom stereocenters. The first-order valence-corrected chi connectivity index (χ1v) is 7.35. The van der Waals surface area contributed by atoms with E-state index in [0.717, 1.165) is 11.6 Å². The van der Waals surface area contributed by atoms with Gasteiger partial charge in [-0.25, -0.2) is 0 Å². The van der Waals surface area contributed by atoms with Crippen LogP contribution in [-0.2, 0) is 0 Å². The van der Waals surface area contributed by atoms with Crippen LogP contribution in [0.4, 0.5) is 0 Å². The van der Waals surface area contributed by atoms with Gasteiger partial charge in [-0.3, -0.25) is 0 Å². The van der Waals surface area contributed by atoms with E-state index < -0.39 is 0 Å². The summed E-state index contributed by atoms with van der Waals surface area (Å²) in [4.78, 5) is 1.50. The summed E-state index contributed by atoms with van der Waals surface area (Å²) in [5.41, 5.74) is 0. The molecule has 0 radical (unpaired) electrons. The Morgan fingerprint density at radius 3 is 3.06 bits per heavy atom. The molecule has 1 saturated heterocycles. The summed E-state index contributed by atoms with van der Waals surface area (Å²) in [5.74, 6) is 0.708. The van der Waals surface area contributed by atoms with Crippen molar-refractivity contribution in [3.8, 4) is 0 Å². The van der Waals surface area contributed by atoms with Gasteiger partial charge in [-0.15, -0.1) is 11.3 Å². The van der Waals surface area contributed by atoms with Crippen LogP contribution in [0.2, 0.25) is 5.02 Å². The Balaban J connectivity index is 1.97. The maximum atomic E-state index is 6.23. The highest BCUT2D eigenvalue weighted by Crippen LogP contribution is 2.38. The zero-order chi connectivity index (χ0) is 11.8. The van der Waals surface area contributed by atoms with E-state index in [-0.39, 0.29) is 0 Å². The molecule has 2 heterocycles. The van der Waals surface area contributed by atoms with Gasteiger partial charge in [-0.1, -0.05) is 17.7 Å². The van der Waals surface area contributed by atoms with Crippen LogP contribution in [-0.4, -0.2) is 12.6 Å². The number of hydrogen-bond acceptors (Lipinski definition) is 2. The minimum absolute atomic E-state index is 0.634. The van der Waals surface area contributed by atoms with Crippen molar-refractivity contribution in [2.45, 2.75) is 31.7 Å². The van der Waals surface area contributed by atoms with E-state index in [1.54, 1.807) is 0 Å². The number of rotatable bonds is 1. The molecule has 2 unspecified atom stereocenters.